The Morgan fingerprint density at radius 1 is 1.57 bits per heavy atom. The fourth-order valence-corrected chi connectivity index (χ4v) is 1.47. The van der Waals surface area contributed by atoms with Crippen molar-refractivity contribution in [2.45, 2.75) is 13.0 Å². The van der Waals surface area contributed by atoms with Crippen molar-refractivity contribution in [1.29, 1.82) is 0 Å². The summed E-state index contributed by atoms with van der Waals surface area (Å²) in [6.07, 6.45) is -1.83. The zero-order valence-electron chi connectivity index (χ0n) is 7.29. The van der Waals surface area contributed by atoms with Gasteiger partial charge in [0.25, 0.3) is 0 Å². The lowest BCUT2D eigenvalue weighted by Crippen LogP contribution is -2.14. The second-order valence-corrected chi connectivity index (χ2v) is 3.69. The van der Waals surface area contributed by atoms with Gasteiger partial charge in [0.1, 0.15) is 5.82 Å². The maximum Gasteiger partial charge on any atom is 0.337 e. The van der Waals surface area contributed by atoms with E-state index >= 15 is 0 Å². The highest BCUT2D eigenvalue weighted by Gasteiger charge is 2.23. The highest BCUT2D eigenvalue weighted by molar-refractivity contribution is 9.10. The summed E-state index contributed by atoms with van der Waals surface area (Å²) in [5.74, 6) is -2.20. The molecule has 5 heteroatoms. The fraction of sp³-hybridized carbons (Fsp3) is 0.222. The molecule has 0 bridgehead atoms. The van der Waals surface area contributed by atoms with Crippen LogP contribution in [0, 0.1) is 12.7 Å². The monoisotopic (exact) mass is 262 g/mol. The average Bonchev–Trinajstić information content (AvgIpc) is 2.12. The zero-order valence-corrected chi connectivity index (χ0v) is 8.88. The molecule has 14 heavy (non-hydrogen) atoms. The molecule has 0 spiro atoms. The van der Waals surface area contributed by atoms with Crippen LogP contribution in [-0.4, -0.2) is 16.2 Å². The number of hydrogen-bond donors (Lipinski definition) is 2. The lowest BCUT2D eigenvalue weighted by Gasteiger charge is -2.11. The van der Waals surface area contributed by atoms with Crippen LogP contribution in [0.5, 0.6) is 0 Å². The number of aryl methyl sites for hydroxylation is 1. The Bertz CT molecular complexity index is 379. The Kier molecular flexibility index (Phi) is 3.23. The van der Waals surface area contributed by atoms with Crippen LogP contribution < -0.4 is 0 Å². The average molecular weight is 263 g/mol. The summed E-state index contributed by atoms with van der Waals surface area (Å²) in [6, 6.07) is 3.00. The summed E-state index contributed by atoms with van der Waals surface area (Å²) in [6.45, 7) is 1.54. The van der Waals surface area contributed by atoms with Crippen LogP contribution in [0.1, 0.15) is 17.2 Å². The van der Waals surface area contributed by atoms with E-state index in [2.05, 4.69) is 15.9 Å². The number of carboxylic acids is 1. The van der Waals surface area contributed by atoms with Crippen LogP contribution >= 0.6 is 15.9 Å². The smallest absolute Gasteiger partial charge is 0.337 e. The standard InChI is InChI=1S/C9H8BrFO3/c1-4-2-3-5(10)7(11)6(4)8(12)9(13)14/h2-3,8,12H,1H3,(H,13,14). The van der Waals surface area contributed by atoms with Crippen LogP contribution in [0.25, 0.3) is 0 Å². The molecule has 1 aromatic carbocycles. The molecule has 1 atom stereocenters. The third kappa shape index (κ3) is 1.93. The van der Waals surface area contributed by atoms with Gasteiger partial charge in [-0.25, -0.2) is 9.18 Å². The third-order valence-corrected chi connectivity index (χ3v) is 2.47. The minimum absolute atomic E-state index is 0.137. The Hall–Kier alpha value is -0.940. The lowest BCUT2D eigenvalue weighted by atomic mass is 10.0. The van der Waals surface area contributed by atoms with Crippen molar-refractivity contribution in [3.8, 4) is 0 Å². The number of aliphatic carboxylic acids is 1. The van der Waals surface area contributed by atoms with E-state index in [0.717, 1.165) is 0 Å². The number of carbonyl (C=O) groups is 1. The van der Waals surface area contributed by atoms with Crippen LogP contribution in [0.2, 0.25) is 0 Å². The first kappa shape index (κ1) is 11.1. The molecule has 0 heterocycles. The predicted molar refractivity (Wildman–Crippen MR) is 51.4 cm³/mol. The predicted octanol–water partition coefficient (Wildman–Crippen LogP) is 2.01. The van der Waals surface area contributed by atoms with Gasteiger partial charge in [0, 0.05) is 5.56 Å². The van der Waals surface area contributed by atoms with Gasteiger partial charge >= 0.3 is 5.97 Å². The molecular weight excluding hydrogens is 255 g/mol. The minimum atomic E-state index is -1.83. The fourth-order valence-electron chi connectivity index (χ4n) is 1.12. The second-order valence-electron chi connectivity index (χ2n) is 2.83. The normalized spacial score (nSPS) is 12.6. The number of hydrogen-bond acceptors (Lipinski definition) is 2. The molecular formula is C9H8BrFO3. The Balaban J connectivity index is 3.32. The first-order valence-corrected chi connectivity index (χ1v) is 4.59. The molecule has 0 aliphatic heterocycles. The van der Waals surface area contributed by atoms with Crippen molar-refractivity contribution < 1.29 is 19.4 Å². The number of benzene rings is 1. The third-order valence-electron chi connectivity index (χ3n) is 1.86. The Morgan fingerprint density at radius 3 is 2.64 bits per heavy atom. The maximum absolute atomic E-state index is 13.4. The number of carboxylic acid groups (broad SMARTS) is 1. The van der Waals surface area contributed by atoms with Crippen molar-refractivity contribution in [1.82, 2.24) is 0 Å². The van der Waals surface area contributed by atoms with Crippen LogP contribution in [0.4, 0.5) is 4.39 Å². The molecule has 0 saturated carbocycles. The van der Waals surface area contributed by atoms with E-state index in [1.807, 2.05) is 0 Å². The molecule has 0 aliphatic carbocycles. The summed E-state index contributed by atoms with van der Waals surface area (Å²) in [5.41, 5.74) is 0.201. The summed E-state index contributed by atoms with van der Waals surface area (Å²) >= 11 is 2.92. The molecule has 0 aromatic heterocycles. The van der Waals surface area contributed by atoms with Crippen LogP contribution in [0.15, 0.2) is 16.6 Å². The van der Waals surface area contributed by atoms with Crippen molar-refractivity contribution in [3.05, 3.63) is 33.5 Å². The van der Waals surface area contributed by atoms with Gasteiger partial charge in [-0.2, -0.15) is 0 Å². The van der Waals surface area contributed by atoms with E-state index in [0.29, 0.717) is 5.56 Å². The highest BCUT2D eigenvalue weighted by atomic mass is 79.9. The van der Waals surface area contributed by atoms with E-state index < -0.39 is 17.9 Å². The number of aliphatic hydroxyl groups excluding tert-OH is 1. The van der Waals surface area contributed by atoms with E-state index in [4.69, 9.17) is 5.11 Å². The minimum Gasteiger partial charge on any atom is -0.479 e. The number of halogens is 2. The number of rotatable bonds is 2. The molecule has 76 valence electrons. The Labute approximate surface area is 88.3 Å². The maximum atomic E-state index is 13.4. The van der Waals surface area contributed by atoms with Gasteiger partial charge in [0.05, 0.1) is 4.47 Å². The van der Waals surface area contributed by atoms with Crippen molar-refractivity contribution in [2.75, 3.05) is 0 Å². The van der Waals surface area contributed by atoms with Gasteiger partial charge in [-0.1, -0.05) is 6.07 Å². The molecule has 1 aromatic rings. The van der Waals surface area contributed by atoms with E-state index in [1.54, 1.807) is 0 Å². The summed E-state index contributed by atoms with van der Waals surface area (Å²) in [5, 5.41) is 17.8. The van der Waals surface area contributed by atoms with Crippen molar-refractivity contribution in [3.63, 3.8) is 0 Å². The van der Waals surface area contributed by atoms with E-state index in [-0.39, 0.29) is 10.0 Å². The summed E-state index contributed by atoms with van der Waals surface area (Å²) in [7, 11) is 0. The van der Waals surface area contributed by atoms with Gasteiger partial charge in [0.2, 0.25) is 0 Å². The van der Waals surface area contributed by atoms with Crippen molar-refractivity contribution in [2.24, 2.45) is 0 Å². The number of aliphatic hydroxyl groups is 1. The molecule has 0 radical (unpaired) electrons. The topological polar surface area (TPSA) is 57.5 Å². The Morgan fingerprint density at radius 2 is 2.14 bits per heavy atom. The van der Waals surface area contributed by atoms with E-state index in [9.17, 15) is 14.3 Å². The van der Waals surface area contributed by atoms with Crippen LogP contribution in [0.3, 0.4) is 0 Å². The largest absolute Gasteiger partial charge is 0.479 e. The van der Waals surface area contributed by atoms with Crippen molar-refractivity contribution >= 4 is 21.9 Å². The van der Waals surface area contributed by atoms with Crippen LogP contribution in [-0.2, 0) is 4.79 Å². The molecule has 0 fully saturated rings. The lowest BCUT2D eigenvalue weighted by molar-refractivity contribution is -0.147. The van der Waals surface area contributed by atoms with E-state index in [1.165, 1.54) is 19.1 Å². The molecule has 1 unspecified atom stereocenters. The molecule has 1 rings (SSSR count). The molecule has 0 amide bonds. The highest BCUT2D eigenvalue weighted by Crippen LogP contribution is 2.27. The van der Waals surface area contributed by atoms with Gasteiger partial charge in [-0.15, -0.1) is 0 Å². The van der Waals surface area contributed by atoms with Gasteiger partial charge in [-0.05, 0) is 34.5 Å². The first-order chi connectivity index (χ1) is 6.45. The molecule has 2 N–H and O–H groups in total. The SMILES string of the molecule is Cc1ccc(Br)c(F)c1C(O)C(=O)O. The molecule has 3 nitrogen and oxygen atoms in total. The summed E-state index contributed by atoms with van der Waals surface area (Å²) in [4.78, 5) is 10.5. The molecule has 0 aliphatic rings. The first-order valence-electron chi connectivity index (χ1n) is 3.80. The quantitative estimate of drug-likeness (QED) is 0.858. The van der Waals surface area contributed by atoms with Gasteiger partial charge in [0.15, 0.2) is 6.10 Å². The molecule has 0 saturated heterocycles. The zero-order chi connectivity index (χ0) is 10.9. The van der Waals surface area contributed by atoms with Gasteiger partial charge < -0.3 is 10.2 Å². The second kappa shape index (κ2) is 4.06. The summed E-state index contributed by atoms with van der Waals surface area (Å²) < 4.78 is 13.5. The van der Waals surface area contributed by atoms with Gasteiger partial charge in [-0.3, -0.25) is 0 Å².